The number of carbonyl (C=O) groups excluding carboxylic acids is 1. The van der Waals surface area contributed by atoms with E-state index in [2.05, 4.69) is 5.10 Å². The van der Waals surface area contributed by atoms with E-state index in [-0.39, 0.29) is 29.6 Å². The lowest BCUT2D eigenvalue weighted by Crippen LogP contribution is -2.31. The summed E-state index contributed by atoms with van der Waals surface area (Å²) in [5.74, 6) is -0.527. The van der Waals surface area contributed by atoms with Crippen molar-refractivity contribution >= 4 is 18.3 Å². The number of nitrogens with zero attached hydrogens (tertiary/aromatic N) is 2. The second kappa shape index (κ2) is 8.52. The fourth-order valence-corrected chi connectivity index (χ4v) is 3.85. The Morgan fingerprint density at radius 3 is 2.67 bits per heavy atom. The van der Waals surface area contributed by atoms with Crippen molar-refractivity contribution in [1.29, 1.82) is 0 Å². The molecule has 2 aliphatic heterocycles. The molecule has 27 heavy (non-hydrogen) atoms. The summed E-state index contributed by atoms with van der Waals surface area (Å²) in [7, 11) is 1.59. The molecule has 7 nitrogen and oxygen atoms in total. The number of hydrogen-bond donors (Lipinski definition) is 1. The lowest BCUT2D eigenvalue weighted by Gasteiger charge is -2.25. The second-order valence-electron chi connectivity index (χ2n) is 7.14. The van der Waals surface area contributed by atoms with Gasteiger partial charge < -0.3 is 14.6 Å². The number of rotatable bonds is 7. The van der Waals surface area contributed by atoms with E-state index in [0.717, 1.165) is 31.2 Å². The summed E-state index contributed by atoms with van der Waals surface area (Å²) in [6.45, 7) is 2.32. The molecule has 1 N–H and O–H groups in total. The molecule has 0 aromatic heterocycles. The first kappa shape index (κ1) is 19.4. The quantitative estimate of drug-likeness (QED) is 0.585. The molecule has 0 aliphatic carbocycles. The van der Waals surface area contributed by atoms with Gasteiger partial charge >= 0.3 is 12.1 Å². The predicted octanol–water partition coefficient (Wildman–Crippen LogP) is 3.19. The summed E-state index contributed by atoms with van der Waals surface area (Å²) in [5.41, 5.74) is 1.36. The van der Waals surface area contributed by atoms with Crippen molar-refractivity contribution in [3.63, 3.8) is 0 Å². The van der Waals surface area contributed by atoms with Crippen molar-refractivity contribution in [2.24, 2.45) is 16.9 Å². The number of fused-ring (bicyclic) bond motifs is 2. The fraction of sp³-hybridized carbons (Fsp3) is 0.550. The topological polar surface area (TPSA) is 88.4 Å². The Morgan fingerprint density at radius 2 is 2.00 bits per heavy atom. The highest BCUT2D eigenvalue weighted by Gasteiger charge is 2.48. The largest absolute Gasteiger partial charge is 0.478 e. The maximum absolute atomic E-state index is 11.8. The van der Waals surface area contributed by atoms with Crippen LogP contribution in [0, 0.1) is 11.8 Å². The molecule has 1 aromatic carbocycles. The van der Waals surface area contributed by atoms with Gasteiger partial charge in [0.25, 0.3) is 0 Å². The summed E-state index contributed by atoms with van der Waals surface area (Å²) < 4.78 is 11.1. The predicted molar refractivity (Wildman–Crippen MR) is 99.9 cm³/mol. The van der Waals surface area contributed by atoms with E-state index in [4.69, 9.17) is 14.6 Å². The Hall–Kier alpha value is -2.41. The van der Waals surface area contributed by atoms with E-state index < -0.39 is 12.1 Å². The number of carboxylic acids is 1. The Labute approximate surface area is 158 Å². The third-order valence-electron chi connectivity index (χ3n) is 5.26. The molecule has 1 aromatic rings. The number of hydrogen-bond acceptors (Lipinski definition) is 5. The van der Waals surface area contributed by atoms with Crippen molar-refractivity contribution in [3.8, 4) is 0 Å². The van der Waals surface area contributed by atoms with E-state index in [1.807, 2.05) is 25.3 Å². The van der Waals surface area contributed by atoms with Crippen LogP contribution in [0.3, 0.4) is 0 Å². The molecule has 3 rings (SSSR count). The first-order chi connectivity index (χ1) is 13.0. The van der Waals surface area contributed by atoms with Crippen molar-refractivity contribution in [2.75, 3.05) is 13.7 Å². The molecule has 7 heteroatoms. The third kappa shape index (κ3) is 4.47. The van der Waals surface area contributed by atoms with Gasteiger partial charge in [0.05, 0.1) is 24.4 Å². The van der Waals surface area contributed by atoms with E-state index >= 15 is 0 Å². The van der Waals surface area contributed by atoms with Crippen molar-refractivity contribution in [2.45, 2.75) is 44.8 Å². The van der Waals surface area contributed by atoms with Crippen LogP contribution in [0.1, 0.15) is 42.1 Å². The van der Waals surface area contributed by atoms with Crippen LogP contribution >= 0.6 is 0 Å². The smallest absolute Gasteiger partial charge is 0.430 e. The molecule has 0 radical (unpaired) electrons. The zero-order valence-electron chi connectivity index (χ0n) is 15.7. The lowest BCUT2D eigenvalue weighted by atomic mass is 9.77. The van der Waals surface area contributed by atoms with Gasteiger partial charge in [-0.2, -0.15) is 5.10 Å². The van der Waals surface area contributed by atoms with Crippen LogP contribution in [-0.4, -0.2) is 54.3 Å². The molecule has 2 bridgehead atoms. The summed E-state index contributed by atoms with van der Waals surface area (Å²) in [4.78, 5) is 22.8. The Morgan fingerprint density at radius 1 is 1.30 bits per heavy atom. The van der Waals surface area contributed by atoms with E-state index in [1.165, 1.54) is 5.01 Å². The van der Waals surface area contributed by atoms with E-state index in [1.54, 1.807) is 19.2 Å². The van der Waals surface area contributed by atoms with Gasteiger partial charge in [0.1, 0.15) is 0 Å². The Kier molecular flexibility index (Phi) is 6.11. The maximum Gasteiger partial charge on any atom is 0.430 e. The minimum absolute atomic E-state index is 0.127. The van der Waals surface area contributed by atoms with Crippen LogP contribution < -0.4 is 0 Å². The molecule has 2 fully saturated rings. The summed E-state index contributed by atoms with van der Waals surface area (Å²) in [6.07, 6.45) is 5.26. The lowest BCUT2D eigenvalue weighted by molar-refractivity contribution is 0.0696. The minimum atomic E-state index is -0.923. The summed E-state index contributed by atoms with van der Waals surface area (Å²) >= 11 is 0. The number of hydrazone groups is 1. The van der Waals surface area contributed by atoms with Crippen LogP contribution in [0.15, 0.2) is 29.4 Å². The molecule has 2 saturated heterocycles. The molecule has 0 saturated carbocycles. The molecule has 4 atom stereocenters. The Balaban J connectivity index is 1.66. The molecule has 0 unspecified atom stereocenters. The molecule has 2 aliphatic rings. The van der Waals surface area contributed by atoms with Crippen LogP contribution in [-0.2, 0) is 15.9 Å². The molecule has 146 valence electrons. The average molecular weight is 374 g/mol. The third-order valence-corrected chi connectivity index (χ3v) is 5.26. The monoisotopic (exact) mass is 374 g/mol. The van der Waals surface area contributed by atoms with Gasteiger partial charge in [0.15, 0.2) is 0 Å². The molecule has 1 amide bonds. The fourth-order valence-electron chi connectivity index (χ4n) is 3.85. The van der Waals surface area contributed by atoms with Crippen molar-refractivity contribution in [3.05, 3.63) is 35.4 Å². The zero-order chi connectivity index (χ0) is 19.4. The van der Waals surface area contributed by atoms with Gasteiger partial charge in [-0.25, -0.2) is 14.6 Å². The SMILES string of the molecule is CCCOC(=O)N(C)N=C[C@H]1[C@@H](Cc2ccc(C(=O)O)cc2)[C@H]2CC[C@@H]1O2. The van der Waals surface area contributed by atoms with E-state index in [9.17, 15) is 9.59 Å². The highest BCUT2D eigenvalue weighted by Crippen LogP contribution is 2.44. The van der Waals surface area contributed by atoms with Gasteiger partial charge in [0.2, 0.25) is 0 Å². The standard InChI is InChI=1S/C20H26N2O5/c1-3-10-26-20(25)22(2)21-12-16-15(17-8-9-18(16)27-17)11-13-4-6-14(7-5-13)19(23)24/h4-7,12,15-18H,3,8-11H2,1-2H3,(H,23,24)/t15-,16+,17-,18+/m1/s1. The van der Waals surface area contributed by atoms with Crippen LogP contribution in [0.25, 0.3) is 0 Å². The highest BCUT2D eigenvalue weighted by atomic mass is 16.6. The first-order valence-corrected chi connectivity index (χ1v) is 9.42. The van der Waals surface area contributed by atoms with Crippen LogP contribution in [0.4, 0.5) is 4.79 Å². The summed E-state index contributed by atoms with van der Waals surface area (Å²) in [6, 6.07) is 6.98. The minimum Gasteiger partial charge on any atom is -0.478 e. The maximum atomic E-state index is 11.8. The molecule has 2 heterocycles. The zero-order valence-corrected chi connectivity index (χ0v) is 15.7. The average Bonchev–Trinajstić information content (AvgIpc) is 3.26. The van der Waals surface area contributed by atoms with E-state index in [0.29, 0.717) is 6.61 Å². The van der Waals surface area contributed by atoms with Crippen molar-refractivity contribution in [1.82, 2.24) is 5.01 Å². The van der Waals surface area contributed by atoms with Crippen LogP contribution in [0.5, 0.6) is 0 Å². The van der Waals surface area contributed by atoms with Gasteiger partial charge in [-0.3, -0.25) is 0 Å². The van der Waals surface area contributed by atoms with Gasteiger partial charge in [-0.15, -0.1) is 0 Å². The number of amides is 1. The highest BCUT2D eigenvalue weighted by molar-refractivity contribution is 5.87. The molecular formula is C20H26N2O5. The van der Waals surface area contributed by atoms with Crippen molar-refractivity contribution < 1.29 is 24.2 Å². The number of benzene rings is 1. The second-order valence-corrected chi connectivity index (χ2v) is 7.14. The van der Waals surface area contributed by atoms with Gasteiger partial charge in [-0.1, -0.05) is 19.1 Å². The normalized spacial score (nSPS) is 26.4. The van der Waals surface area contributed by atoms with Gasteiger partial charge in [-0.05, 0) is 49.3 Å². The van der Waals surface area contributed by atoms with Gasteiger partial charge in [0, 0.05) is 19.2 Å². The summed E-state index contributed by atoms with van der Waals surface area (Å²) in [5, 5.41) is 14.5. The van der Waals surface area contributed by atoms with Crippen LogP contribution in [0.2, 0.25) is 0 Å². The Bertz CT molecular complexity index is 703. The molecule has 0 spiro atoms. The number of carbonyl (C=O) groups is 2. The first-order valence-electron chi connectivity index (χ1n) is 9.42. The number of ether oxygens (including phenoxy) is 2. The molecular weight excluding hydrogens is 348 g/mol. The number of carboxylic acid groups (broad SMARTS) is 1. The number of aromatic carboxylic acids is 1.